The zero-order valence-corrected chi connectivity index (χ0v) is 22.3. The topological polar surface area (TPSA) is 100 Å². The van der Waals surface area contributed by atoms with Gasteiger partial charge in [-0.15, -0.1) is 0 Å². The van der Waals surface area contributed by atoms with E-state index < -0.39 is 5.60 Å². The van der Waals surface area contributed by atoms with E-state index in [2.05, 4.69) is 24.5 Å². The summed E-state index contributed by atoms with van der Waals surface area (Å²) in [6.07, 6.45) is 4.08. The molecule has 1 atom stereocenters. The van der Waals surface area contributed by atoms with Gasteiger partial charge < -0.3 is 30.1 Å². The molecule has 3 amide bonds. The van der Waals surface area contributed by atoms with Crippen molar-refractivity contribution in [3.05, 3.63) is 48.3 Å². The second-order valence-corrected chi connectivity index (χ2v) is 10.9. The minimum Gasteiger partial charge on any atom is -0.490 e. The number of amides is 3. The Hall–Kier alpha value is -3.33. The number of aliphatic hydroxyl groups is 1. The molecule has 2 aromatic carbocycles. The summed E-state index contributed by atoms with van der Waals surface area (Å²) in [6, 6.07) is 10.6. The quantitative estimate of drug-likeness (QED) is 0.432. The van der Waals surface area contributed by atoms with Gasteiger partial charge in [0.25, 0.3) is 0 Å². The van der Waals surface area contributed by atoms with Crippen molar-refractivity contribution in [2.45, 2.75) is 64.1 Å². The molecule has 0 radical (unpaired) electrons. The van der Waals surface area contributed by atoms with E-state index in [1.807, 2.05) is 0 Å². The molecule has 0 spiro atoms. The van der Waals surface area contributed by atoms with Crippen molar-refractivity contribution < 1.29 is 28.6 Å². The molecule has 1 aliphatic carbocycles. The maximum absolute atomic E-state index is 13.4. The Kier molecular flexibility index (Phi) is 8.76. The molecule has 1 aliphatic heterocycles. The summed E-state index contributed by atoms with van der Waals surface area (Å²) in [6.45, 7) is 4.86. The molecular formula is C29H38FN3O5. The molecule has 1 heterocycles. The van der Waals surface area contributed by atoms with Gasteiger partial charge in [-0.25, -0.2) is 9.18 Å². The van der Waals surface area contributed by atoms with Crippen molar-refractivity contribution in [1.29, 1.82) is 0 Å². The SMILES string of the molecule is CNC(=O)C1CCC(Oc2cc(NC(=O)N3CCC(O)(CC(C)C)C3)cc(Oc3ccc(F)cc3)c2)CC1. The Morgan fingerprint density at radius 2 is 1.76 bits per heavy atom. The predicted octanol–water partition coefficient (Wildman–Crippen LogP) is 5.32. The maximum atomic E-state index is 13.4. The molecule has 9 heteroatoms. The number of ether oxygens (including phenoxy) is 2. The van der Waals surface area contributed by atoms with Crippen molar-refractivity contribution in [3.63, 3.8) is 0 Å². The lowest BCUT2D eigenvalue weighted by Gasteiger charge is -2.28. The third-order valence-corrected chi connectivity index (χ3v) is 7.18. The molecule has 1 saturated heterocycles. The van der Waals surface area contributed by atoms with Crippen molar-refractivity contribution in [2.75, 3.05) is 25.5 Å². The second kappa shape index (κ2) is 12.0. The summed E-state index contributed by atoms with van der Waals surface area (Å²) < 4.78 is 25.6. The Morgan fingerprint density at radius 3 is 2.42 bits per heavy atom. The van der Waals surface area contributed by atoms with Gasteiger partial charge in [0, 0.05) is 43.4 Å². The highest BCUT2D eigenvalue weighted by Crippen LogP contribution is 2.34. The molecule has 2 aliphatic rings. The molecule has 38 heavy (non-hydrogen) atoms. The third kappa shape index (κ3) is 7.37. The highest BCUT2D eigenvalue weighted by Gasteiger charge is 2.38. The zero-order chi connectivity index (χ0) is 27.3. The van der Waals surface area contributed by atoms with Crippen LogP contribution in [0.1, 0.15) is 52.4 Å². The summed E-state index contributed by atoms with van der Waals surface area (Å²) in [4.78, 5) is 26.7. The zero-order valence-electron chi connectivity index (χ0n) is 22.3. The van der Waals surface area contributed by atoms with Crippen LogP contribution in [0.25, 0.3) is 0 Å². The summed E-state index contributed by atoms with van der Waals surface area (Å²) in [5.74, 6) is 1.43. The number of carbonyl (C=O) groups is 2. The maximum Gasteiger partial charge on any atom is 0.321 e. The smallest absolute Gasteiger partial charge is 0.321 e. The van der Waals surface area contributed by atoms with Crippen LogP contribution in [0, 0.1) is 17.7 Å². The van der Waals surface area contributed by atoms with Crippen molar-refractivity contribution in [1.82, 2.24) is 10.2 Å². The largest absolute Gasteiger partial charge is 0.490 e. The Balaban J connectivity index is 1.48. The number of likely N-dealkylation sites (tertiary alicyclic amines) is 1. The molecular weight excluding hydrogens is 489 g/mol. The Bertz CT molecular complexity index is 1120. The molecule has 0 bridgehead atoms. The van der Waals surface area contributed by atoms with Gasteiger partial charge in [0.05, 0.1) is 18.2 Å². The van der Waals surface area contributed by atoms with E-state index in [0.717, 1.165) is 25.7 Å². The molecule has 1 unspecified atom stereocenters. The highest BCUT2D eigenvalue weighted by atomic mass is 19.1. The number of hydrogen-bond acceptors (Lipinski definition) is 5. The molecule has 206 valence electrons. The van der Waals surface area contributed by atoms with E-state index in [4.69, 9.17) is 9.47 Å². The molecule has 1 saturated carbocycles. The van der Waals surface area contributed by atoms with Crippen LogP contribution in [0.2, 0.25) is 0 Å². The third-order valence-electron chi connectivity index (χ3n) is 7.18. The first-order valence-corrected chi connectivity index (χ1v) is 13.4. The number of nitrogens with one attached hydrogen (secondary N) is 2. The minimum atomic E-state index is -0.874. The molecule has 4 rings (SSSR count). The Morgan fingerprint density at radius 1 is 1.08 bits per heavy atom. The van der Waals surface area contributed by atoms with Crippen molar-refractivity contribution >= 4 is 17.6 Å². The lowest BCUT2D eigenvalue weighted by molar-refractivity contribution is -0.125. The fourth-order valence-electron chi connectivity index (χ4n) is 5.41. The van der Waals surface area contributed by atoms with E-state index >= 15 is 0 Å². The van der Waals surface area contributed by atoms with Crippen molar-refractivity contribution in [2.24, 2.45) is 11.8 Å². The molecule has 2 fully saturated rings. The first-order chi connectivity index (χ1) is 18.1. The van der Waals surface area contributed by atoms with Crippen LogP contribution < -0.4 is 20.1 Å². The number of rotatable bonds is 8. The van der Waals surface area contributed by atoms with Gasteiger partial charge in [0.15, 0.2) is 0 Å². The van der Waals surface area contributed by atoms with E-state index in [-0.39, 0.29) is 36.3 Å². The standard InChI is InChI=1S/C29H38FN3O5/c1-19(2)17-29(36)12-13-33(18-29)28(35)32-22-14-25(37-23-8-4-20(5-9-23)27(34)31-3)16-26(15-22)38-24-10-6-21(30)7-11-24/h6-7,10-11,14-16,19-20,23,36H,4-5,8-9,12-13,17-18H2,1-3H3,(H,31,34)(H,32,35). The van der Waals surface area contributed by atoms with E-state index in [0.29, 0.717) is 48.2 Å². The van der Waals surface area contributed by atoms with Gasteiger partial charge in [-0.3, -0.25) is 4.79 Å². The summed E-state index contributed by atoms with van der Waals surface area (Å²) in [5, 5.41) is 16.5. The number of urea groups is 1. The molecule has 0 aromatic heterocycles. The predicted molar refractivity (Wildman–Crippen MR) is 143 cm³/mol. The van der Waals surface area contributed by atoms with Crippen LogP contribution in [-0.4, -0.2) is 53.8 Å². The molecule has 8 nitrogen and oxygen atoms in total. The van der Waals surface area contributed by atoms with Gasteiger partial charge in [-0.1, -0.05) is 13.8 Å². The van der Waals surface area contributed by atoms with Gasteiger partial charge in [-0.2, -0.15) is 0 Å². The van der Waals surface area contributed by atoms with Crippen LogP contribution in [0.4, 0.5) is 14.9 Å². The number of anilines is 1. The fourth-order valence-corrected chi connectivity index (χ4v) is 5.41. The van der Waals surface area contributed by atoms with E-state index in [1.54, 1.807) is 30.1 Å². The first kappa shape index (κ1) is 27.7. The number of carbonyl (C=O) groups excluding carboxylic acids is 2. The minimum absolute atomic E-state index is 0.00218. The summed E-state index contributed by atoms with van der Waals surface area (Å²) in [5.41, 5.74) is -0.385. The van der Waals surface area contributed by atoms with Crippen LogP contribution in [0.15, 0.2) is 42.5 Å². The van der Waals surface area contributed by atoms with Crippen molar-refractivity contribution in [3.8, 4) is 17.2 Å². The normalized spacial score (nSPS) is 23.3. The molecule has 2 aromatic rings. The average Bonchev–Trinajstić information content (AvgIpc) is 3.26. The van der Waals surface area contributed by atoms with Gasteiger partial charge in [0.2, 0.25) is 5.91 Å². The molecule has 3 N–H and O–H groups in total. The van der Waals surface area contributed by atoms with Gasteiger partial charge in [0.1, 0.15) is 23.1 Å². The van der Waals surface area contributed by atoms with Gasteiger partial charge in [-0.05, 0) is 68.7 Å². The number of hydrogen-bond donors (Lipinski definition) is 3. The fraction of sp³-hybridized carbons (Fsp3) is 0.517. The van der Waals surface area contributed by atoms with E-state index in [9.17, 15) is 19.1 Å². The van der Waals surface area contributed by atoms with Crippen LogP contribution in [0.5, 0.6) is 17.2 Å². The lowest BCUT2D eigenvalue weighted by Crippen LogP contribution is -2.39. The first-order valence-electron chi connectivity index (χ1n) is 13.4. The second-order valence-electron chi connectivity index (χ2n) is 10.9. The van der Waals surface area contributed by atoms with Crippen LogP contribution in [0.3, 0.4) is 0 Å². The number of β-amino-alcohol motifs (C(OH)–C–C–N with tert-alkyl or cyclic N) is 1. The van der Waals surface area contributed by atoms with E-state index in [1.165, 1.54) is 24.3 Å². The monoisotopic (exact) mass is 527 g/mol. The van der Waals surface area contributed by atoms with Crippen LogP contribution >= 0.6 is 0 Å². The summed E-state index contributed by atoms with van der Waals surface area (Å²) >= 11 is 0. The summed E-state index contributed by atoms with van der Waals surface area (Å²) in [7, 11) is 1.65. The number of halogens is 1. The highest BCUT2D eigenvalue weighted by molar-refractivity contribution is 5.90. The van der Waals surface area contributed by atoms with Gasteiger partial charge >= 0.3 is 6.03 Å². The van der Waals surface area contributed by atoms with Crippen LogP contribution in [-0.2, 0) is 4.79 Å². The average molecular weight is 528 g/mol. The number of benzene rings is 2. The Labute approximate surface area is 223 Å². The number of nitrogens with zero attached hydrogens (tertiary/aromatic N) is 1. The lowest BCUT2D eigenvalue weighted by atomic mass is 9.87.